The molecule has 1 fully saturated rings. The summed E-state index contributed by atoms with van der Waals surface area (Å²) in [4.78, 5) is 29.1. The van der Waals surface area contributed by atoms with Gasteiger partial charge in [0.25, 0.3) is 0 Å². The van der Waals surface area contributed by atoms with Crippen LogP contribution < -0.4 is 16.3 Å². The van der Waals surface area contributed by atoms with Crippen molar-refractivity contribution in [1.82, 2.24) is 34.4 Å². The van der Waals surface area contributed by atoms with Gasteiger partial charge in [-0.1, -0.05) is 35.3 Å². The van der Waals surface area contributed by atoms with Gasteiger partial charge in [-0.05, 0) is 36.4 Å². The minimum atomic E-state index is -4.96. The predicted octanol–water partition coefficient (Wildman–Crippen LogP) is 3.09. The number of halogens is 5. The molecular weight excluding hydrogens is 592 g/mol. The summed E-state index contributed by atoms with van der Waals surface area (Å²) in [6, 6.07) is 12.7. The number of ether oxygens (including phenoxy) is 1. The number of rotatable bonds is 9. The Hall–Kier alpha value is -4.08. The molecule has 0 saturated carbocycles. The fraction of sp³-hybridized carbons (Fsp3) is 0.292. The first-order valence-electron chi connectivity index (χ1n) is 12.1. The van der Waals surface area contributed by atoms with Crippen molar-refractivity contribution >= 4 is 35.2 Å². The molecule has 0 bridgehead atoms. The van der Waals surface area contributed by atoms with Gasteiger partial charge in [0.1, 0.15) is 12.6 Å². The summed E-state index contributed by atoms with van der Waals surface area (Å²) in [7, 11) is 0. The third-order valence-corrected chi connectivity index (χ3v) is 6.59. The zero-order valence-electron chi connectivity index (χ0n) is 20.8. The summed E-state index contributed by atoms with van der Waals surface area (Å²) in [6.45, 7) is -0.960. The molecule has 2 atom stereocenters. The van der Waals surface area contributed by atoms with E-state index in [-0.39, 0.29) is 37.2 Å². The van der Waals surface area contributed by atoms with Crippen LogP contribution in [-0.4, -0.2) is 71.8 Å². The Morgan fingerprint density at radius 2 is 1.85 bits per heavy atom. The Morgan fingerprint density at radius 1 is 1.12 bits per heavy atom. The number of benzene rings is 2. The van der Waals surface area contributed by atoms with Gasteiger partial charge >= 0.3 is 18.0 Å². The highest BCUT2D eigenvalue weighted by Crippen LogP contribution is 2.25. The van der Waals surface area contributed by atoms with E-state index in [1.54, 1.807) is 24.3 Å². The van der Waals surface area contributed by atoms with Crippen molar-refractivity contribution in [3.05, 3.63) is 74.9 Å². The van der Waals surface area contributed by atoms with Gasteiger partial charge in [-0.15, -0.1) is 10.2 Å². The normalized spacial score (nSPS) is 16.0. The lowest BCUT2D eigenvalue weighted by Crippen LogP contribution is -2.37. The molecule has 2 aromatic heterocycles. The second kappa shape index (κ2) is 11.4. The number of amides is 1. The van der Waals surface area contributed by atoms with Crippen LogP contribution in [0, 0.1) is 0 Å². The van der Waals surface area contributed by atoms with Crippen LogP contribution in [0.4, 0.5) is 23.9 Å². The SMILES string of the molecule is O=C1NCC(CNc2nc(Cn3nc(-c4ccc(Cl)cc4)n(C[C@H](O)C(F)(F)F)c3=O)nn2-c2ccccc2Cl)O1. The highest BCUT2D eigenvalue weighted by Gasteiger charge is 2.39. The molecule has 0 radical (unpaired) electrons. The van der Waals surface area contributed by atoms with Crippen LogP contribution in [0.2, 0.25) is 10.0 Å². The second-order valence-corrected chi connectivity index (χ2v) is 9.79. The van der Waals surface area contributed by atoms with Crippen molar-refractivity contribution in [1.29, 1.82) is 0 Å². The molecule has 5 rings (SSSR count). The van der Waals surface area contributed by atoms with Crippen LogP contribution in [0.3, 0.4) is 0 Å². The number of hydrogen-bond donors (Lipinski definition) is 3. The first-order chi connectivity index (χ1) is 19.5. The van der Waals surface area contributed by atoms with E-state index >= 15 is 0 Å². The summed E-state index contributed by atoms with van der Waals surface area (Å²) in [5.41, 5.74) is -0.174. The van der Waals surface area contributed by atoms with Gasteiger partial charge in [0.15, 0.2) is 17.8 Å². The number of aromatic nitrogens is 6. The summed E-state index contributed by atoms with van der Waals surface area (Å²) < 4.78 is 47.7. The lowest BCUT2D eigenvalue weighted by Gasteiger charge is -2.15. The molecule has 1 aliphatic rings. The van der Waals surface area contributed by atoms with E-state index in [1.165, 1.54) is 28.9 Å². The fourth-order valence-corrected chi connectivity index (χ4v) is 4.35. The molecule has 17 heteroatoms. The molecule has 12 nitrogen and oxygen atoms in total. The quantitative estimate of drug-likeness (QED) is 0.262. The topological polar surface area (TPSA) is 141 Å². The molecule has 3 heterocycles. The van der Waals surface area contributed by atoms with Crippen LogP contribution in [-0.2, 0) is 17.8 Å². The average Bonchev–Trinajstić information content (AvgIpc) is 3.61. The zero-order chi connectivity index (χ0) is 29.3. The minimum absolute atomic E-state index is 0.0692. The summed E-state index contributed by atoms with van der Waals surface area (Å²) >= 11 is 12.3. The molecule has 1 unspecified atom stereocenters. The number of anilines is 1. The Bertz CT molecular complexity index is 1620. The number of alkyl halides is 3. The number of carbonyl (C=O) groups is 1. The van der Waals surface area contributed by atoms with E-state index in [4.69, 9.17) is 27.9 Å². The Morgan fingerprint density at radius 3 is 2.51 bits per heavy atom. The second-order valence-electron chi connectivity index (χ2n) is 8.94. The molecule has 41 heavy (non-hydrogen) atoms. The number of aliphatic hydroxyl groups is 1. The number of hydrogen-bond acceptors (Lipinski definition) is 8. The Kier molecular flexibility index (Phi) is 7.93. The van der Waals surface area contributed by atoms with Crippen LogP contribution in [0.5, 0.6) is 0 Å². The van der Waals surface area contributed by atoms with E-state index in [9.17, 15) is 27.9 Å². The smallest absolute Gasteiger partial charge is 0.416 e. The van der Waals surface area contributed by atoms with Crippen molar-refractivity contribution in [3.8, 4) is 17.1 Å². The average molecular weight is 613 g/mol. The van der Waals surface area contributed by atoms with Crippen LogP contribution >= 0.6 is 23.2 Å². The number of cyclic esters (lactones) is 1. The van der Waals surface area contributed by atoms with Gasteiger partial charge in [0.05, 0.1) is 30.3 Å². The predicted molar refractivity (Wildman–Crippen MR) is 141 cm³/mol. The molecule has 1 saturated heterocycles. The van der Waals surface area contributed by atoms with Crippen molar-refractivity contribution in [2.45, 2.75) is 31.5 Å². The fourth-order valence-electron chi connectivity index (χ4n) is 4.01. The molecule has 0 aliphatic carbocycles. The lowest BCUT2D eigenvalue weighted by atomic mass is 10.2. The van der Waals surface area contributed by atoms with Crippen molar-refractivity contribution < 1.29 is 27.8 Å². The standard InChI is InChI=1S/C24H21Cl2F3N8O4/c25-14-7-5-13(6-8-14)20-34-36(23(40)35(20)11-18(38)24(27,28)29)12-19-32-21(30-9-15-10-31-22(39)41-15)37(33-19)17-4-2-1-3-16(17)26/h1-8,15,18,38H,9-12H2,(H,31,39)(H,30,32,33)/t15?,18-/m0/s1. The Balaban J connectivity index is 1.50. The van der Waals surface area contributed by atoms with E-state index in [0.29, 0.717) is 21.3 Å². The number of carbonyl (C=O) groups excluding carboxylic acids is 1. The number of nitrogens with one attached hydrogen (secondary N) is 2. The maximum absolute atomic E-state index is 13.2. The van der Waals surface area contributed by atoms with Gasteiger partial charge in [-0.25, -0.2) is 14.3 Å². The third-order valence-electron chi connectivity index (χ3n) is 6.02. The van der Waals surface area contributed by atoms with Gasteiger partial charge in [-0.3, -0.25) is 4.57 Å². The monoisotopic (exact) mass is 612 g/mol. The Labute approximate surface area is 239 Å². The first kappa shape index (κ1) is 28.4. The first-order valence-corrected chi connectivity index (χ1v) is 12.8. The van der Waals surface area contributed by atoms with Crippen molar-refractivity contribution in [2.24, 2.45) is 0 Å². The van der Waals surface area contributed by atoms with E-state index in [2.05, 4.69) is 25.8 Å². The maximum atomic E-state index is 13.2. The van der Waals surface area contributed by atoms with Gasteiger partial charge in [-0.2, -0.15) is 22.8 Å². The van der Waals surface area contributed by atoms with Gasteiger partial charge < -0.3 is 20.5 Å². The van der Waals surface area contributed by atoms with Gasteiger partial charge in [0, 0.05) is 10.6 Å². The highest BCUT2D eigenvalue weighted by atomic mass is 35.5. The minimum Gasteiger partial charge on any atom is -0.442 e. The third kappa shape index (κ3) is 6.31. The summed E-state index contributed by atoms with van der Waals surface area (Å²) in [5.74, 6) is 0.156. The summed E-state index contributed by atoms with van der Waals surface area (Å²) in [6.07, 6.45) is -8.80. The molecule has 0 spiro atoms. The maximum Gasteiger partial charge on any atom is 0.416 e. The highest BCUT2D eigenvalue weighted by molar-refractivity contribution is 6.32. The molecular formula is C24H21Cl2F3N8O4. The molecule has 3 N–H and O–H groups in total. The van der Waals surface area contributed by atoms with Crippen LogP contribution in [0.1, 0.15) is 5.82 Å². The number of alkyl carbamates (subject to hydrolysis) is 1. The number of para-hydroxylation sites is 1. The van der Waals surface area contributed by atoms with Gasteiger partial charge in [0.2, 0.25) is 5.95 Å². The summed E-state index contributed by atoms with van der Waals surface area (Å²) in [5, 5.41) is 24.7. The number of nitrogens with zero attached hydrogens (tertiary/aromatic N) is 6. The van der Waals surface area contributed by atoms with Crippen LogP contribution in [0.15, 0.2) is 53.3 Å². The molecule has 2 aromatic carbocycles. The molecule has 1 aliphatic heterocycles. The van der Waals surface area contributed by atoms with Crippen molar-refractivity contribution in [2.75, 3.05) is 18.4 Å². The van der Waals surface area contributed by atoms with Crippen molar-refractivity contribution in [3.63, 3.8) is 0 Å². The zero-order valence-corrected chi connectivity index (χ0v) is 22.4. The molecule has 4 aromatic rings. The largest absolute Gasteiger partial charge is 0.442 e. The van der Waals surface area contributed by atoms with E-state index in [0.717, 1.165) is 9.25 Å². The van der Waals surface area contributed by atoms with Crippen LogP contribution in [0.25, 0.3) is 17.1 Å². The van der Waals surface area contributed by atoms with E-state index in [1.807, 2.05) is 0 Å². The molecule has 1 amide bonds. The van der Waals surface area contributed by atoms with E-state index < -0.39 is 36.7 Å². The molecule has 216 valence electrons. The number of aliphatic hydroxyl groups excluding tert-OH is 1. The lowest BCUT2D eigenvalue weighted by molar-refractivity contribution is -0.207.